The minimum absolute atomic E-state index is 0.0290. The summed E-state index contributed by atoms with van der Waals surface area (Å²) in [5.41, 5.74) is 2.35. The first-order chi connectivity index (χ1) is 11.9. The van der Waals surface area contributed by atoms with E-state index in [1.807, 2.05) is 6.92 Å². The van der Waals surface area contributed by atoms with E-state index < -0.39 is 11.9 Å². The van der Waals surface area contributed by atoms with Crippen LogP contribution in [0.4, 0.5) is 0 Å². The first-order valence-corrected chi connectivity index (χ1v) is 8.03. The summed E-state index contributed by atoms with van der Waals surface area (Å²) in [6, 6.07) is 13.2. The average Bonchev–Trinajstić information content (AvgIpc) is 2.62. The lowest BCUT2D eigenvalue weighted by Gasteiger charge is -2.19. The van der Waals surface area contributed by atoms with E-state index in [0.29, 0.717) is 12.8 Å². The van der Waals surface area contributed by atoms with Gasteiger partial charge in [-0.3, -0.25) is 0 Å². The number of carboxylic acids is 2. The van der Waals surface area contributed by atoms with Gasteiger partial charge >= 0.3 is 11.9 Å². The maximum atomic E-state index is 11.5. The van der Waals surface area contributed by atoms with Crippen LogP contribution in [0.15, 0.2) is 48.5 Å². The van der Waals surface area contributed by atoms with E-state index in [1.54, 1.807) is 48.5 Å². The molecule has 0 spiro atoms. The molecule has 5 nitrogen and oxygen atoms in total. The molecule has 2 N–H and O–H groups in total. The molecule has 0 saturated carbocycles. The van der Waals surface area contributed by atoms with Gasteiger partial charge in [0.15, 0.2) is 0 Å². The van der Waals surface area contributed by atoms with Crippen molar-refractivity contribution in [2.24, 2.45) is 5.92 Å². The van der Waals surface area contributed by atoms with Crippen LogP contribution in [0.25, 0.3) is 0 Å². The highest BCUT2D eigenvalue weighted by molar-refractivity contribution is 5.88. The van der Waals surface area contributed by atoms with E-state index in [1.165, 1.54) is 0 Å². The molecule has 0 aliphatic rings. The Morgan fingerprint density at radius 3 is 1.84 bits per heavy atom. The zero-order valence-corrected chi connectivity index (χ0v) is 13.9. The normalized spacial score (nSPS) is 13.0. The summed E-state index contributed by atoms with van der Waals surface area (Å²) in [6.07, 6.45) is 2.24. The van der Waals surface area contributed by atoms with E-state index >= 15 is 0 Å². The van der Waals surface area contributed by atoms with Crippen LogP contribution in [0, 0.1) is 5.92 Å². The Labute approximate surface area is 145 Å². The third-order valence-corrected chi connectivity index (χ3v) is 4.47. The molecule has 2 aromatic carbocycles. The summed E-state index contributed by atoms with van der Waals surface area (Å²) in [7, 11) is 0. The number of aryl methyl sites for hydroxylation is 1. The van der Waals surface area contributed by atoms with Crippen molar-refractivity contribution in [1.82, 2.24) is 0 Å². The molecule has 2 rings (SSSR count). The van der Waals surface area contributed by atoms with E-state index in [4.69, 9.17) is 10.2 Å². The molecule has 0 aromatic heterocycles. The second-order valence-corrected chi connectivity index (χ2v) is 6.06. The lowest BCUT2D eigenvalue weighted by Crippen LogP contribution is -2.13. The van der Waals surface area contributed by atoms with Gasteiger partial charge < -0.3 is 15.0 Å². The van der Waals surface area contributed by atoms with Crippen molar-refractivity contribution in [2.75, 3.05) is 0 Å². The second kappa shape index (κ2) is 8.24. The lowest BCUT2D eigenvalue weighted by molar-refractivity contribution is -0.111. The Morgan fingerprint density at radius 2 is 1.40 bits per heavy atom. The van der Waals surface area contributed by atoms with Crippen molar-refractivity contribution in [3.8, 4) is 0 Å². The molecule has 0 aliphatic carbocycles. The SMILES string of the molecule is CC(c1ccc(C(=O)O)cc1)C(C=O)CCc1ccc(C(=O)O)cc1. The Balaban J connectivity index is 2.02. The summed E-state index contributed by atoms with van der Waals surface area (Å²) in [5.74, 6) is -2.17. The van der Waals surface area contributed by atoms with Gasteiger partial charge in [0, 0.05) is 5.92 Å². The van der Waals surface area contributed by atoms with Crippen LogP contribution in [0.5, 0.6) is 0 Å². The fraction of sp³-hybridized carbons (Fsp3) is 0.250. The number of carbonyl (C=O) groups is 3. The van der Waals surface area contributed by atoms with Gasteiger partial charge in [0.1, 0.15) is 6.29 Å². The number of benzene rings is 2. The van der Waals surface area contributed by atoms with Gasteiger partial charge in [0.05, 0.1) is 11.1 Å². The first kappa shape index (κ1) is 18.4. The van der Waals surface area contributed by atoms with Gasteiger partial charge in [0.25, 0.3) is 0 Å². The molecule has 2 atom stereocenters. The van der Waals surface area contributed by atoms with Crippen LogP contribution >= 0.6 is 0 Å². The summed E-state index contributed by atoms with van der Waals surface area (Å²) in [4.78, 5) is 33.2. The molecule has 0 saturated heterocycles. The smallest absolute Gasteiger partial charge is 0.335 e. The predicted molar refractivity (Wildman–Crippen MR) is 93.1 cm³/mol. The Morgan fingerprint density at radius 1 is 0.920 bits per heavy atom. The number of carbonyl (C=O) groups excluding carboxylic acids is 1. The van der Waals surface area contributed by atoms with E-state index in [2.05, 4.69) is 0 Å². The van der Waals surface area contributed by atoms with Crippen LogP contribution in [-0.4, -0.2) is 28.4 Å². The lowest BCUT2D eigenvalue weighted by atomic mass is 9.84. The van der Waals surface area contributed by atoms with Gasteiger partial charge in [-0.15, -0.1) is 0 Å². The van der Waals surface area contributed by atoms with Crippen molar-refractivity contribution in [2.45, 2.75) is 25.7 Å². The summed E-state index contributed by atoms with van der Waals surface area (Å²) in [5, 5.41) is 17.8. The fourth-order valence-corrected chi connectivity index (χ4v) is 2.76. The Kier molecular flexibility index (Phi) is 6.06. The topological polar surface area (TPSA) is 91.7 Å². The molecular formula is C20H20O5. The summed E-state index contributed by atoms with van der Waals surface area (Å²) >= 11 is 0. The maximum Gasteiger partial charge on any atom is 0.335 e. The zero-order valence-electron chi connectivity index (χ0n) is 13.9. The molecule has 0 amide bonds. The highest BCUT2D eigenvalue weighted by Gasteiger charge is 2.19. The fourth-order valence-electron chi connectivity index (χ4n) is 2.76. The monoisotopic (exact) mass is 340 g/mol. The standard InChI is InChI=1S/C20H20O5/c1-13(15-8-10-17(11-9-15)20(24)25)18(12-21)7-4-14-2-5-16(6-3-14)19(22)23/h2-3,5-6,8-13,18H,4,7H2,1H3,(H,22,23)(H,24,25). The van der Waals surface area contributed by atoms with Gasteiger partial charge in [-0.2, -0.15) is 0 Å². The van der Waals surface area contributed by atoms with E-state index in [9.17, 15) is 14.4 Å². The van der Waals surface area contributed by atoms with Crippen molar-refractivity contribution >= 4 is 18.2 Å². The van der Waals surface area contributed by atoms with Crippen molar-refractivity contribution in [1.29, 1.82) is 0 Å². The Hall–Kier alpha value is -2.95. The van der Waals surface area contributed by atoms with Crippen molar-refractivity contribution in [3.05, 3.63) is 70.8 Å². The van der Waals surface area contributed by atoms with Crippen LogP contribution in [0.1, 0.15) is 51.1 Å². The first-order valence-electron chi connectivity index (χ1n) is 8.03. The number of rotatable bonds is 8. The van der Waals surface area contributed by atoms with Crippen molar-refractivity contribution in [3.63, 3.8) is 0 Å². The highest BCUT2D eigenvalue weighted by atomic mass is 16.4. The minimum Gasteiger partial charge on any atom is -0.478 e. The van der Waals surface area contributed by atoms with Gasteiger partial charge in [-0.25, -0.2) is 9.59 Å². The van der Waals surface area contributed by atoms with E-state index in [-0.39, 0.29) is 23.0 Å². The summed E-state index contributed by atoms with van der Waals surface area (Å²) < 4.78 is 0. The molecule has 0 aliphatic heterocycles. The molecule has 2 unspecified atom stereocenters. The molecule has 5 heteroatoms. The largest absolute Gasteiger partial charge is 0.478 e. The Bertz CT molecular complexity index is 747. The minimum atomic E-state index is -0.976. The third kappa shape index (κ3) is 4.76. The quantitative estimate of drug-likeness (QED) is 0.716. The molecule has 2 aromatic rings. The molecule has 0 bridgehead atoms. The van der Waals surface area contributed by atoms with Crippen LogP contribution in [0.2, 0.25) is 0 Å². The van der Waals surface area contributed by atoms with Crippen LogP contribution in [-0.2, 0) is 11.2 Å². The van der Waals surface area contributed by atoms with Crippen LogP contribution in [0.3, 0.4) is 0 Å². The molecule has 0 radical (unpaired) electrons. The second-order valence-electron chi connectivity index (χ2n) is 6.06. The van der Waals surface area contributed by atoms with E-state index in [0.717, 1.165) is 17.4 Å². The van der Waals surface area contributed by atoms with Crippen molar-refractivity contribution < 1.29 is 24.6 Å². The molecule has 25 heavy (non-hydrogen) atoms. The number of carboxylic acid groups (broad SMARTS) is 2. The van der Waals surface area contributed by atoms with Gasteiger partial charge in [0.2, 0.25) is 0 Å². The molecule has 0 fully saturated rings. The summed E-state index contributed by atoms with van der Waals surface area (Å²) in [6.45, 7) is 1.95. The van der Waals surface area contributed by atoms with Gasteiger partial charge in [-0.05, 0) is 54.2 Å². The van der Waals surface area contributed by atoms with Gasteiger partial charge in [-0.1, -0.05) is 31.2 Å². The van der Waals surface area contributed by atoms with Crippen LogP contribution < -0.4 is 0 Å². The molecule has 130 valence electrons. The maximum absolute atomic E-state index is 11.5. The third-order valence-electron chi connectivity index (χ3n) is 4.47. The highest BCUT2D eigenvalue weighted by Crippen LogP contribution is 2.27. The molecule has 0 heterocycles. The number of hydrogen-bond acceptors (Lipinski definition) is 3. The number of hydrogen-bond donors (Lipinski definition) is 2. The number of aldehydes is 1. The average molecular weight is 340 g/mol. The molecular weight excluding hydrogens is 320 g/mol. The zero-order chi connectivity index (χ0) is 18.4. The predicted octanol–water partition coefficient (Wildman–Crippen LogP) is 3.63. The number of aromatic carboxylic acids is 2.